The fourth-order valence-electron chi connectivity index (χ4n) is 3.39. The van der Waals surface area contributed by atoms with Crippen LogP contribution in [0.15, 0.2) is 28.7 Å². The number of likely N-dealkylation sites (tertiary alicyclic amines) is 1. The van der Waals surface area contributed by atoms with Gasteiger partial charge in [0.15, 0.2) is 0 Å². The summed E-state index contributed by atoms with van der Waals surface area (Å²) in [6.45, 7) is 10.8. The predicted octanol–water partition coefficient (Wildman–Crippen LogP) is 3.76. The van der Waals surface area contributed by atoms with E-state index in [4.69, 9.17) is 10.2 Å². The van der Waals surface area contributed by atoms with E-state index in [1.54, 1.807) is 0 Å². The van der Waals surface area contributed by atoms with Crippen molar-refractivity contribution >= 4 is 11.0 Å². The van der Waals surface area contributed by atoms with Crippen LogP contribution >= 0.6 is 0 Å². The molecule has 0 radical (unpaired) electrons. The highest BCUT2D eigenvalue weighted by Gasteiger charge is 2.32. The SMILES string of the molecule is CC(C)(C)C1CCN(Cc2c(CN)oc3ccccc23)C1. The van der Waals surface area contributed by atoms with Gasteiger partial charge in [-0.15, -0.1) is 0 Å². The van der Waals surface area contributed by atoms with E-state index in [1.165, 1.54) is 30.5 Å². The summed E-state index contributed by atoms with van der Waals surface area (Å²) in [6.07, 6.45) is 1.29. The Labute approximate surface area is 127 Å². The molecule has 1 atom stereocenters. The molecular weight excluding hydrogens is 260 g/mol. The minimum atomic E-state index is 0.393. The fourth-order valence-corrected chi connectivity index (χ4v) is 3.39. The number of fused-ring (bicyclic) bond motifs is 1. The Kier molecular flexibility index (Phi) is 3.80. The zero-order valence-corrected chi connectivity index (χ0v) is 13.4. The first-order valence-electron chi connectivity index (χ1n) is 7.90. The molecule has 2 N–H and O–H groups in total. The van der Waals surface area contributed by atoms with Gasteiger partial charge in [0.2, 0.25) is 0 Å². The topological polar surface area (TPSA) is 42.4 Å². The van der Waals surface area contributed by atoms with E-state index in [9.17, 15) is 0 Å². The zero-order valence-electron chi connectivity index (χ0n) is 13.4. The average molecular weight is 286 g/mol. The Balaban J connectivity index is 1.82. The van der Waals surface area contributed by atoms with Crippen LogP contribution in [0.1, 0.15) is 38.5 Å². The third-order valence-corrected chi connectivity index (χ3v) is 4.85. The van der Waals surface area contributed by atoms with Crippen molar-refractivity contribution in [2.75, 3.05) is 13.1 Å². The highest BCUT2D eigenvalue weighted by atomic mass is 16.3. The molecule has 0 spiro atoms. The number of furan rings is 1. The van der Waals surface area contributed by atoms with Crippen molar-refractivity contribution in [2.24, 2.45) is 17.1 Å². The molecule has 1 aliphatic rings. The van der Waals surface area contributed by atoms with Gasteiger partial charge >= 0.3 is 0 Å². The number of hydrogen-bond acceptors (Lipinski definition) is 3. The second kappa shape index (κ2) is 5.47. The molecule has 114 valence electrons. The Hall–Kier alpha value is -1.32. The van der Waals surface area contributed by atoms with Crippen molar-refractivity contribution < 1.29 is 4.42 Å². The molecule has 0 bridgehead atoms. The molecule has 21 heavy (non-hydrogen) atoms. The van der Waals surface area contributed by atoms with E-state index in [0.29, 0.717) is 12.0 Å². The summed E-state index contributed by atoms with van der Waals surface area (Å²) in [5.41, 5.74) is 8.50. The van der Waals surface area contributed by atoms with Gasteiger partial charge in [-0.1, -0.05) is 39.0 Å². The van der Waals surface area contributed by atoms with Crippen molar-refractivity contribution in [1.82, 2.24) is 4.90 Å². The maximum Gasteiger partial charge on any atom is 0.134 e. The maximum absolute atomic E-state index is 5.90. The van der Waals surface area contributed by atoms with Crippen molar-refractivity contribution in [3.8, 4) is 0 Å². The first-order valence-corrected chi connectivity index (χ1v) is 7.90. The molecule has 1 aromatic carbocycles. The molecule has 0 aliphatic carbocycles. The molecule has 1 saturated heterocycles. The Morgan fingerprint density at radius 1 is 1.29 bits per heavy atom. The molecule has 3 nitrogen and oxygen atoms in total. The molecule has 0 amide bonds. The van der Waals surface area contributed by atoms with Crippen molar-refractivity contribution in [2.45, 2.75) is 40.3 Å². The van der Waals surface area contributed by atoms with Crippen LogP contribution in [0.4, 0.5) is 0 Å². The standard InChI is InChI=1S/C18H26N2O/c1-18(2,3)13-8-9-20(11-13)12-15-14-6-4-5-7-16(14)21-17(15)10-19/h4-7,13H,8-12,19H2,1-3H3. The molecule has 3 heteroatoms. The van der Waals surface area contributed by atoms with Gasteiger partial charge in [-0.3, -0.25) is 4.90 Å². The van der Waals surface area contributed by atoms with E-state index in [2.05, 4.69) is 37.8 Å². The summed E-state index contributed by atoms with van der Waals surface area (Å²) < 4.78 is 5.90. The first kappa shape index (κ1) is 14.6. The van der Waals surface area contributed by atoms with Crippen LogP contribution in [0, 0.1) is 11.3 Å². The minimum Gasteiger partial charge on any atom is -0.459 e. The van der Waals surface area contributed by atoms with Gasteiger partial charge in [0.05, 0.1) is 6.54 Å². The van der Waals surface area contributed by atoms with Gasteiger partial charge in [-0.25, -0.2) is 0 Å². The first-order chi connectivity index (χ1) is 9.99. The third-order valence-electron chi connectivity index (χ3n) is 4.85. The quantitative estimate of drug-likeness (QED) is 0.934. The molecule has 0 saturated carbocycles. The normalized spacial score (nSPS) is 20.5. The van der Waals surface area contributed by atoms with Crippen LogP contribution in [0.5, 0.6) is 0 Å². The summed E-state index contributed by atoms with van der Waals surface area (Å²) >= 11 is 0. The van der Waals surface area contributed by atoms with Gasteiger partial charge < -0.3 is 10.2 Å². The molecular formula is C18H26N2O. The van der Waals surface area contributed by atoms with E-state index >= 15 is 0 Å². The van der Waals surface area contributed by atoms with E-state index in [1.807, 2.05) is 12.1 Å². The van der Waals surface area contributed by atoms with Crippen LogP contribution in [-0.4, -0.2) is 18.0 Å². The maximum atomic E-state index is 5.90. The molecule has 1 unspecified atom stereocenters. The number of hydrogen-bond donors (Lipinski definition) is 1. The van der Waals surface area contributed by atoms with E-state index < -0.39 is 0 Å². The molecule has 1 aromatic heterocycles. The summed E-state index contributed by atoms with van der Waals surface area (Å²) in [4.78, 5) is 2.55. The summed E-state index contributed by atoms with van der Waals surface area (Å²) in [7, 11) is 0. The predicted molar refractivity (Wildman–Crippen MR) is 86.9 cm³/mol. The Bertz CT molecular complexity index is 624. The third kappa shape index (κ3) is 2.85. The van der Waals surface area contributed by atoms with Gasteiger partial charge in [0.25, 0.3) is 0 Å². The van der Waals surface area contributed by atoms with Gasteiger partial charge in [-0.2, -0.15) is 0 Å². The minimum absolute atomic E-state index is 0.393. The van der Waals surface area contributed by atoms with Crippen LogP contribution in [-0.2, 0) is 13.1 Å². The van der Waals surface area contributed by atoms with E-state index in [0.717, 1.165) is 23.8 Å². The van der Waals surface area contributed by atoms with Crippen LogP contribution < -0.4 is 5.73 Å². The lowest BCUT2D eigenvalue weighted by Gasteiger charge is -2.27. The lowest BCUT2D eigenvalue weighted by atomic mass is 9.80. The zero-order chi connectivity index (χ0) is 15.0. The number of nitrogens with two attached hydrogens (primary N) is 1. The average Bonchev–Trinajstić information content (AvgIpc) is 3.04. The second-order valence-electron chi connectivity index (χ2n) is 7.29. The number of nitrogens with zero attached hydrogens (tertiary/aromatic N) is 1. The number of benzene rings is 1. The molecule has 1 aliphatic heterocycles. The fraction of sp³-hybridized carbons (Fsp3) is 0.556. The van der Waals surface area contributed by atoms with E-state index in [-0.39, 0.29) is 0 Å². The highest BCUT2D eigenvalue weighted by Crippen LogP contribution is 2.35. The summed E-state index contributed by atoms with van der Waals surface area (Å²) in [5, 5.41) is 1.22. The van der Waals surface area contributed by atoms with Gasteiger partial charge in [0, 0.05) is 24.0 Å². The molecule has 3 rings (SSSR count). The van der Waals surface area contributed by atoms with Gasteiger partial charge in [-0.05, 0) is 30.4 Å². The van der Waals surface area contributed by atoms with Crippen LogP contribution in [0.3, 0.4) is 0 Å². The number of rotatable bonds is 3. The largest absolute Gasteiger partial charge is 0.459 e. The smallest absolute Gasteiger partial charge is 0.134 e. The summed E-state index contributed by atoms with van der Waals surface area (Å²) in [6, 6.07) is 8.26. The Morgan fingerprint density at radius 2 is 2.05 bits per heavy atom. The second-order valence-corrected chi connectivity index (χ2v) is 7.29. The highest BCUT2D eigenvalue weighted by molar-refractivity contribution is 5.82. The lowest BCUT2D eigenvalue weighted by molar-refractivity contribution is 0.226. The lowest BCUT2D eigenvalue weighted by Crippen LogP contribution is -2.26. The van der Waals surface area contributed by atoms with Crippen LogP contribution in [0.25, 0.3) is 11.0 Å². The number of para-hydroxylation sites is 1. The van der Waals surface area contributed by atoms with Crippen LogP contribution in [0.2, 0.25) is 0 Å². The van der Waals surface area contributed by atoms with Crippen molar-refractivity contribution in [1.29, 1.82) is 0 Å². The molecule has 2 heterocycles. The molecule has 2 aromatic rings. The Morgan fingerprint density at radius 3 is 2.71 bits per heavy atom. The monoisotopic (exact) mass is 286 g/mol. The molecule has 1 fully saturated rings. The van der Waals surface area contributed by atoms with Crippen molar-refractivity contribution in [3.05, 3.63) is 35.6 Å². The van der Waals surface area contributed by atoms with Crippen molar-refractivity contribution in [3.63, 3.8) is 0 Å². The summed E-state index contributed by atoms with van der Waals surface area (Å²) in [5.74, 6) is 1.72. The van der Waals surface area contributed by atoms with Gasteiger partial charge in [0.1, 0.15) is 11.3 Å².